The van der Waals surface area contributed by atoms with Crippen LogP contribution in [0.5, 0.6) is 0 Å². The fraction of sp³-hybridized carbons (Fsp3) is 0.778. The molecule has 0 bridgehead atoms. The third-order valence-electron chi connectivity index (χ3n) is 2.05. The number of piperazine rings is 1. The van der Waals surface area contributed by atoms with Crippen molar-refractivity contribution in [3.05, 3.63) is 0 Å². The molecule has 1 aliphatic rings. The average Bonchev–Trinajstić information content (AvgIpc) is 2.28. The summed E-state index contributed by atoms with van der Waals surface area (Å²) in [7, 11) is 0. The van der Waals surface area contributed by atoms with E-state index in [4.69, 9.17) is 20.4 Å². The van der Waals surface area contributed by atoms with Crippen molar-refractivity contribution in [1.29, 1.82) is 0 Å². The third kappa shape index (κ3) is 6.84. The molecule has 1 saturated heterocycles. The molecular weight excluding hydrogens is 232 g/mol. The lowest BCUT2D eigenvalue weighted by Gasteiger charge is -2.19. The second kappa shape index (κ2) is 7.96. The molecule has 0 spiro atoms. The van der Waals surface area contributed by atoms with Gasteiger partial charge in [0.2, 0.25) is 0 Å². The maximum atomic E-state index is 9.77. The zero-order valence-electron chi connectivity index (χ0n) is 9.46. The zero-order chi connectivity index (χ0) is 13.4. The van der Waals surface area contributed by atoms with Gasteiger partial charge in [-0.1, -0.05) is 0 Å². The van der Waals surface area contributed by atoms with Gasteiger partial charge in [-0.25, -0.2) is 9.59 Å². The molecular formula is C9H18N2O6. The van der Waals surface area contributed by atoms with Gasteiger partial charge in [0.15, 0.2) is 12.2 Å². The summed E-state index contributed by atoms with van der Waals surface area (Å²) in [5.74, 6) is -3.54. The van der Waals surface area contributed by atoms with Crippen molar-refractivity contribution >= 4 is 11.9 Å². The van der Waals surface area contributed by atoms with Gasteiger partial charge >= 0.3 is 11.9 Å². The summed E-state index contributed by atoms with van der Waals surface area (Å²) in [6.07, 6.45) is -4.53. The zero-order valence-corrected chi connectivity index (χ0v) is 9.46. The summed E-state index contributed by atoms with van der Waals surface area (Å²) in [6, 6.07) is 0.675. The number of hydrogen-bond acceptors (Lipinski definition) is 6. The Morgan fingerprint density at radius 2 is 1.59 bits per heavy atom. The summed E-state index contributed by atoms with van der Waals surface area (Å²) in [5.41, 5.74) is 0. The predicted octanol–water partition coefficient (Wildman–Crippen LogP) is -2.55. The lowest BCUT2D eigenvalue weighted by molar-refractivity contribution is -0.165. The van der Waals surface area contributed by atoms with Crippen LogP contribution in [0.1, 0.15) is 6.92 Å². The molecule has 3 unspecified atom stereocenters. The van der Waals surface area contributed by atoms with Gasteiger partial charge in [-0.3, -0.25) is 0 Å². The molecule has 0 aromatic heterocycles. The Morgan fingerprint density at radius 3 is 1.76 bits per heavy atom. The molecule has 0 aromatic rings. The quantitative estimate of drug-likeness (QED) is 0.321. The van der Waals surface area contributed by atoms with Crippen LogP contribution in [0.15, 0.2) is 0 Å². The Balaban J connectivity index is 0.000000318. The molecule has 1 heterocycles. The van der Waals surface area contributed by atoms with Gasteiger partial charge in [0, 0.05) is 25.7 Å². The Hall–Kier alpha value is -1.22. The van der Waals surface area contributed by atoms with Crippen LogP contribution in [-0.2, 0) is 9.59 Å². The lowest BCUT2D eigenvalue weighted by atomic mass is 10.2. The summed E-state index contributed by atoms with van der Waals surface area (Å²) >= 11 is 0. The number of carboxylic acid groups (broad SMARTS) is 2. The highest BCUT2D eigenvalue weighted by atomic mass is 16.4. The van der Waals surface area contributed by atoms with Crippen LogP contribution >= 0.6 is 0 Å². The lowest BCUT2D eigenvalue weighted by Crippen LogP contribution is -2.46. The smallest absolute Gasteiger partial charge is 0.335 e. The van der Waals surface area contributed by atoms with Gasteiger partial charge in [0.25, 0.3) is 0 Å². The molecule has 6 N–H and O–H groups in total. The summed E-state index contributed by atoms with van der Waals surface area (Å²) in [5, 5.41) is 39.1. The van der Waals surface area contributed by atoms with E-state index in [0.29, 0.717) is 6.04 Å². The molecule has 1 rings (SSSR count). The number of aliphatic hydroxyl groups excluding tert-OH is 2. The van der Waals surface area contributed by atoms with Crippen molar-refractivity contribution in [1.82, 2.24) is 10.6 Å². The fourth-order valence-electron chi connectivity index (χ4n) is 1.07. The average molecular weight is 250 g/mol. The van der Waals surface area contributed by atoms with E-state index >= 15 is 0 Å². The van der Waals surface area contributed by atoms with E-state index in [1.165, 1.54) is 0 Å². The Morgan fingerprint density at radius 1 is 1.12 bits per heavy atom. The topological polar surface area (TPSA) is 139 Å². The maximum absolute atomic E-state index is 9.77. The number of carbonyl (C=O) groups is 2. The van der Waals surface area contributed by atoms with E-state index in [9.17, 15) is 9.59 Å². The highest BCUT2D eigenvalue weighted by Gasteiger charge is 2.29. The van der Waals surface area contributed by atoms with Crippen molar-refractivity contribution < 1.29 is 30.0 Å². The van der Waals surface area contributed by atoms with Gasteiger partial charge in [0.05, 0.1) is 0 Å². The molecule has 1 fully saturated rings. The predicted molar refractivity (Wildman–Crippen MR) is 57.6 cm³/mol. The van der Waals surface area contributed by atoms with E-state index in [0.717, 1.165) is 19.6 Å². The Kier molecular flexibility index (Phi) is 7.39. The van der Waals surface area contributed by atoms with E-state index in [1.807, 2.05) is 0 Å². The van der Waals surface area contributed by atoms with Crippen LogP contribution in [0.25, 0.3) is 0 Å². The van der Waals surface area contributed by atoms with Crippen molar-refractivity contribution in [3.8, 4) is 0 Å². The number of aliphatic hydroxyl groups is 2. The fourth-order valence-corrected chi connectivity index (χ4v) is 1.07. The minimum Gasteiger partial charge on any atom is -0.479 e. The van der Waals surface area contributed by atoms with E-state index in [-0.39, 0.29) is 0 Å². The minimum absolute atomic E-state index is 0.675. The summed E-state index contributed by atoms with van der Waals surface area (Å²) < 4.78 is 0. The number of carboxylic acids is 2. The first-order valence-electron chi connectivity index (χ1n) is 5.12. The first-order chi connectivity index (χ1) is 7.86. The molecule has 1 aliphatic heterocycles. The normalized spacial score (nSPS) is 22.9. The van der Waals surface area contributed by atoms with Crippen LogP contribution in [0.3, 0.4) is 0 Å². The van der Waals surface area contributed by atoms with Crippen LogP contribution in [0.2, 0.25) is 0 Å². The first kappa shape index (κ1) is 15.8. The van der Waals surface area contributed by atoms with E-state index in [1.54, 1.807) is 0 Å². The van der Waals surface area contributed by atoms with Gasteiger partial charge in [-0.05, 0) is 6.92 Å². The van der Waals surface area contributed by atoms with Crippen molar-refractivity contribution in [2.75, 3.05) is 19.6 Å². The largest absolute Gasteiger partial charge is 0.479 e. The van der Waals surface area contributed by atoms with Crippen molar-refractivity contribution in [2.45, 2.75) is 25.2 Å². The van der Waals surface area contributed by atoms with E-state index < -0.39 is 24.1 Å². The molecule has 17 heavy (non-hydrogen) atoms. The minimum atomic E-state index is -2.27. The molecule has 100 valence electrons. The van der Waals surface area contributed by atoms with Crippen LogP contribution < -0.4 is 10.6 Å². The third-order valence-corrected chi connectivity index (χ3v) is 2.05. The standard InChI is InChI=1S/C5H12N2.C4H6O6/c1-5-4-6-2-3-7-5;5-1(3(7)8)2(6)4(9)10/h5-7H,2-4H2,1H3;1-2,5-6H,(H,7,8)(H,9,10). The number of aliphatic carboxylic acids is 2. The second-order valence-corrected chi connectivity index (χ2v) is 3.63. The summed E-state index contributed by atoms with van der Waals surface area (Å²) in [6.45, 7) is 5.57. The van der Waals surface area contributed by atoms with E-state index in [2.05, 4.69) is 17.6 Å². The Bertz CT molecular complexity index is 236. The molecule has 8 nitrogen and oxygen atoms in total. The monoisotopic (exact) mass is 250 g/mol. The van der Waals surface area contributed by atoms with Gasteiger partial charge < -0.3 is 31.1 Å². The van der Waals surface area contributed by atoms with Crippen LogP contribution in [-0.4, -0.2) is 70.2 Å². The molecule has 0 aliphatic carbocycles. The van der Waals surface area contributed by atoms with Crippen LogP contribution in [0, 0.1) is 0 Å². The summed E-state index contributed by atoms with van der Waals surface area (Å²) in [4.78, 5) is 19.5. The highest BCUT2D eigenvalue weighted by Crippen LogP contribution is 1.92. The van der Waals surface area contributed by atoms with Crippen molar-refractivity contribution in [2.24, 2.45) is 0 Å². The van der Waals surface area contributed by atoms with Gasteiger partial charge in [-0.15, -0.1) is 0 Å². The number of hydrogen-bond donors (Lipinski definition) is 6. The first-order valence-corrected chi connectivity index (χ1v) is 5.12. The van der Waals surface area contributed by atoms with Crippen LogP contribution in [0.4, 0.5) is 0 Å². The molecule has 0 radical (unpaired) electrons. The number of nitrogens with one attached hydrogen (secondary N) is 2. The number of rotatable bonds is 3. The molecule has 0 amide bonds. The van der Waals surface area contributed by atoms with Gasteiger partial charge in [0.1, 0.15) is 0 Å². The maximum Gasteiger partial charge on any atom is 0.335 e. The van der Waals surface area contributed by atoms with Crippen molar-refractivity contribution in [3.63, 3.8) is 0 Å². The molecule has 3 atom stereocenters. The van der Waals surface area contributed by atoms with Gasteiger partial charge in [-0.2, -0.15) is 0 Å². The Labute approximate surface area is 98.3 Å². The molecule has 0 aromatic carbocycles. The molecule has 0 saturated carbocycles. The molecule has 8 heteroatoms. The SMILES string of the molecule is CC1CNCCN1.O=C(O)C(O)C(O)C(=O)O. The highest BCUT2D eigenvalue weighted by molar-refractivity contribution is 5.83. The second-order valence-electron chi connectivity index (χ2n) is 3.63.